The molecule has 5 nitrogen and oxygen atoms in total. The number of halogens is 1. The maximum absolute atomic E-state index is 12.0. The van der Waals surface area contributed by atoms with Crippen molar-refractivity contribution in [3.05, 3.63) is 0 Å². The van der Waals surface area contributed by atoms with E-state index >= 15 is 0 Å². The molecule has 0 radical (unpaired) electrons. The van der Waals surface area contributed by atoms with Crippen molar-refractivity contribution in [2.75, 3.05) is 23.4 Å². The highest BCUT2D eigenvalue weighted by Crippen LogP contribution is 2.18. The van der Waals surface area contributed by atoms with Crippen molar-refractivity contribution in [2.45, 2.75) is 31.4 Å². The van der Waals surface area contributed by atoms with E-state index in [4.69, 9.17) is 0 Å². The molecule has 1 aliphatic heterocycles. The van der Waals surface area contributed by atoms with E-state index in [0.29, 0.717) is 6.54 Å². The van der Waals surface area contributed by atoms with Crippen molar-refractivity contribution in [2.24, 2.45) is 5.92 Å². The Labute approximate surface area is 118 Å². The fourth-order valence-corrected chi connectivity index (χ4v) is 6.02. The van der Waals surface area contributed by atoms with Crippen LogP contribution >= 0.6 is 15.9 Å². The third-order valence-electron chi connectivity index (χ3n) is 3.18. The number of sulfonamides is 1. The van der Waals surface area contributed by atoms with Gasteiger partial charge in [0.15, 0.2) is 0 Å². The van der Waals surface area contributed by atoms with Gasteiger partial charge in [-0.2, -0.15) is 0 Å². The van der Waals surface area contributed by atoms with E-state index in [9.17, 15) is 16.8 Å². The summed E-state index contributed by atoms with van der Waals surface area (Å²) >= 11 is 3.32. The number of hydrogen-bond donors (Lipinski definition) is 1. The third kappa shape index (κ3) is 5.14. The maximum Gasteiger partial charge on any atom is 0.214 e. The van der Waals surface area contributed by atoms with Gasteiger partial charge in [-0.3, -0.25) is 0 Å². The minimum atomic E-state index is -3.38. The second-order valence-corrected chi connectivity index (χ2v) is 9.97. The van der Waals surface area contributed by atoms with Crippen LogP contribution in [-0.2, 0) is 19.9 Å². The molecule has 1 N–H and O–H groups in total. The first-order chi connectivity index (χ1) is 8.27. The second kappa shape index (κ2) is 6.67. The molecule has 0 bridgehead atoms. The summed E-state index contributed by atoms with van der Waals surface area (Å²) in [5.74, 6) is 0.233. The standard InChI is InChI=1S/C10H20BrNO4S2/c1-9(2-5-11)8-12-18(15,16)10-3-6-17(13,14)7-4-10/h9-10,12H,2-8H2,1H3. The van der Waals surface area contributed by atoms with E-state index < -0.39 is 25.1 Å². The van der Waals surface area contributed by atoms with Crippen molar-refractivity contribution < 1.29 is 16.8 Å². The van der Waals surface area contributed by atoms with Crippen molar-refractivity contribution in [1.29, 1.82) is 0 Å². The van der Waals surface area contributed by atoms with E-state index in [1.807, 2.05) is 6.92 Å². The molecule has 1 saturated heterocycles. The summed E-state index contributed by atoms with van der Waals surface area (Å²) in [5, 5.41) is 0.287. The highest BCUT2D eigenvalue weighted by molar-refractivity contribution is 9.09. The Morgan fingerprint density at radius 1 is 1.33 bits per heavy atom. The summed E-state index contributed by atoms with van der Waals surface area (Å²) in [7, 11) is -6.39. The normalized spacial score (nSPS) is 22.8. The predicted molar refractivity (Wildman–Crippen MR) is 76.2 cm³/mol. The molecule has 8 heteroatoms. The average Bonchev–Trinajstić information content (AvgIpc) is 2.26. The second-order valence-electron chi connectivity index (χ2n) is 4.83. The SMILES string of the molecule is CC(CCBr)CNS(=O)(=O)C1CCS(=O)(=O)CC1. The van der Waals surface area contributed by atoms with Crippen LogP contribution < -0.4 is 4.72 Å². The van der Waals surface area contributed by atoms with Gasteiger partial charge in [0.1, 0.15) is 9.84 Å². The summed E-state index contributed by atoms with van der Waals surface area (Å²) in [6.45, 7) is 2.40. The van der Waals surface area contributed by atoms with E-state index in [1.54, 1.807) is 0 Å². The van der Waals surface area contributed by atoms with Crippen LogP contribution in [0.3, 0.4) is 0 Å². The molecule has 0 aliphatic carbocycles. The van der Waals surface area contributed by atoms with Crippen LogP contribution in [-0.4, -0.2) is 45.5 Å². The fraction of sp³-hybridized carbons (Fsp3) is 1.00. The smallest absolute Gasteiger partial charge is 0.214 e. The summed E-state index contributed by atoms with van der Waals surface area (Å²) in [6, 6.07) is 0. The monoisotopic (exact) mass is 361 g/mol. The lowest BCUT2D eigenvalue weighted by Gasteiger charge is -2.23. The minimum Gasteiger partial charge on any atom is -0.229 e. The zero-order valence-corrected chi connectivity index (χ0v) is 13.7. The Bertz CT molecular complexity index is 446. The zero-order chi connectivity index (χ0) is 13.8. The van der Waals surface area contributed by atoms with Crippen LogP contribution in [0.4, 0.5) is 0 Å². The summed E-state index contributed by atoms with van der Waals surface area (Å²) in [5.41, 5.74) is 0. The topological polar surface area (TPSA) is 80.3 Å². The molecule has 0 amide bonds. The van der Waals surface area contributed by atoms with Crippen LogP contribution in [0.25, 0.3) is 0 Å². The molecule has 0 aromatic rings. The highest BCUT2D eigenvalue weighted by Gasteiger charge is 2.32. The van der Waals surface area contributed by atoms with Gasteiger partial charge in [0.2, 0.25) is 10.0 Å². The first-order valence-corrected chi connectivity index (χ1v) is 10.5. The summed E-state index contributed by atoms with van der Waals surface area (Å²) in [6.07, 6.45) is 1.33. The molecule has 1 heterocycles. The average molecular weight is 362 g/mol. The van der Waals surface area contributed by atoms with Gasteiger partial charge in [-0.25, -0.2) is 21.6 Å². The highest BCUT2D eigenvalue weighted by atomic mass is 79.9. The molecule has 108 valence electrons. The van der Waals surface area contributed by atoms with Crippen LogP contribution in [0.1, 0.15) is 26.2 Å². The molecule has 0 saturated carbocycles. The van der Waals surface area contributed by atoms with Crippen LogP contribution in [0.2, 0.25) is 0 Å². The molecule has 1 unspecified atom stereocenters. The van der Waals surface area contributed by atoms with Gasteiger partial charge >= 0.3 is 0 Å². The van der Waals surface area contributed by atoms with Crippen LogP contribution in [0, 0.1) is 5.92 Å². The largest absolute Gasteiger partial charge is 0.229 e. The molecule has 1 aliphatic rings. The number of hydrogen-bond acceptors (Lipinski definition) is 4. The number of sulfone groups is 1. The van der Waals surface area contributed by atoms with Crippen molar-refractivity contribution in [3.8, 4) is 0 Å². The lowest BCUT2D eigenvalue weighted by molar-refractivity contribution is 0.515. The van der Waals surface area contributed by atoms with Gasteiger partial charge in [0.05, 0.1) is 16.8 Å². The Hall–Kier alpha value is 0.340. The third-order valence-corrected chi connectivity index (χ3v) is 7.27. The first kappa shape index (κ1) is 16.4. The minimum absolute atomic E-state index is 0.0183. The maximum atomic E-state index is 12.0. The molecule has 18 heavy (non-hydrogen) atoms. The summed E-state index contributed by atoms with van der Waals surface area (Å²) < 4.78 is 49.1. The van der Waals surface area contributed by atoms with Crippen molar-refractivity contribution in [1.82, 2.24) is 4.72 Å². The molecular weight excluding hydrogens is 342 g/mol. The fourth-order valence-electron chi connectivity index (χ4n) is 1.84. The number of alkyl halides is 1. The Kier molecular flexibility index (Phi) is 6.08. The van der Waals surface area contributed by atoms with Gasteiger partial charge in [-0.1, -0.05) is 22.9 Å². The Morgan fingerprint density at radius 3 is 2.39 bits per heavy atom. The van der Waals surface area contributed by atoms with Crippen molar-refractivity contribution >= 4 is 35.8 Å². The molecular formula is C10H20BrNO4S2. The van der Waals surface area contributed by atoms with Crippen molar-refractivity contribution in [3.63, 3.8) is 0 Å². The number of rotatable bonds is 6. The van der Waals surface area contributed by atoms with Gasteiger partial charge in [0, 0.05) is 11.9 Å². The predicted octanol–water partition coefficient (Wildman–Crippen LogP) is 0.904. The van der Waals surface area contributed by atoms with E-state index in [0.717, 1.165) is 11.8 Å². The van der Waals surface area contributed by atoms with E-state index in [-0.39, 0.29) is 30.3 Å². The van der Waals surface area contributed by atoms with Gasteiger partial charge in [0.25, 0.3) is 0 Å². The van der Waals surface area contributed by atoms with Crippen LogP contribution in [0.5, 0.6) is 0 Å². The molecule has 1 rings (SSSR count). The number of nitrogens with one attached hydrogen (secondary N) is 1. The van der Waals surface area contributed by atoms with E-state index in [1.165, 1.54) is 0 Å². The molecule has 0 aromatic carbocycles. The Morgan fingerprint density at radius 2 is 1.89 bits per heavy atom. The Balaban J connectivity index is 2.50. The van der Waals surface area contributed by atoms with E-state index in [2.05, 4.69) is 20.7 Å². The van der Waals surface area contributed by atoms with Gasteiger partial charge < -0.3 is 0 Å². The summed E-state index contributed by atoms with van der Waals surface area (Å²) in [4.78, 5) is 0. The molecule has 0 spiro atoms. The van der Waals surface area contributed by atoms with Gasteiger partial charge in [-0.15, -0.1) is 0 Å². The lowest BCUT2D eigenvalue weighted by atomic mass is 10.1. The molecule has 1 atom stereocenters. The quantitative estimate of drug-likeness (QED) is 0.712. The zero-order valence-electron chi connectivity index (χ0n) is 10.4. The van der Waals surface area contributed by atoms with Gasteiger partial charge in [-0.05, 0) is 25.2 Å². The molecule has 1 fully saturated rings. The molecule has 0 aromatic heterocycles. The lowest BCUT2D eigenvalue weighted by Crippen LogP contribution is -2.41. The van der Waals surface area contributed by atoms with Crippen LogP contribution in [0.15, 0.2) is 0 Å². The first-order valence-electron chi connectivity index (χ1n) is 6.02.